The number of hydrogen-bond acceptors (Lipinski definition) is 6. The molecule has 0 N–H and O–H groups in total. The summed E-state index contributed by atoms with van der Waals surface area (Å²) in [6, 6.07) is 0. The Morgan fingerprint density at radius 2 is 0.305 bits per heavy atom. The van der Waals surface area contributed by atoms with E-state index in [9.17, 15) is 0 Å². The molecule has 0 unspecified atom stereocenters. The van der Waals surface area contributed by atoms with Crippen molar-refractivity contribution < 1.29 is 30.1 Å². The molecule has 0 aromatic heterocycles. The van der Waals surface area contributed by atoms with E-state index in [1.165, 1.54) is 193 Å². The van der Waals surface area contributed by atoms with Gasteiger partial charge in [0.05, 0.1) is 0 Å². The SMILES string of the molecule is CCCCCCC[CH2][Sn+2][CH2]CCCCCCC.CCCCCCC[CH2][Sn+2][CH2]CCCCCCC.CCCCCCC[CH2][Sn+2][CH2]CCCCCCC.[O-]B([O-])[O-].[O-]B([O-])[O-]. The predicted octanol–water partition coefficient (Wildman–Crippen LogP) is 10.8. The summed E-state index contributed by atoms with van der Waals surface area (Å²) >= 11 is 0.221. The van der Waals surface area contributed by atoms with Crippen molar-refractivity contribution >= 4 is 78.1 Å². The third kappa shape index (κ3) is 104. The third-order valence-corrected chi connectivity index (χ3v) is 22.4. The van der Waals surface area contributed by atoms with E-state index < -0.39 is 14.6 Å². The van der Waals surface area contributed by atoms with Crippen LogP contribution in [0.5, 0.6) is 0 Å². The molecule has 0 saturated carbocycles. The average Bonchev–Trinajstić information content (AvgIpc) is 3.20. The molecule has 0 fully saturated rings. The Labute approximate surface area is 404 Å². The first-order valence-corrected chi connectivity index (χ1v) is 37.9. The van der Waals surface area contributed by atoms with Gasteiger partial charge in [-0.05, 0) is 0 Å². The Hall–Kier alpha value is 2.29. The molecule has 0 aliphatic carbocycles. The first-order valence-electron chi connectivity index (χ1n) is 25.8. The molecule has 0 bridgehead atoms. The molecule has 0 heterocycles. The van der Waals surface area contributed by atoms with Crippen LogP contribution >= 0.6 is 0 Å². The zero-order valence-corrected chi connectivity index (χ0v) is 49.4. The second kappa shape index (κ2) is 74.6. The minimum absolute atomic E-state index is 0.0736. The van der Waals surface area contributed by atoms with Crippen molar-refractivity contribution in [2.45, 2.75) is 299 Å². The Kier molecular flexibility index (Phi) is 88.9. The molecule has 0 saturated heterocycles. The molecular formula is C48H102B2O6Sn3. The van der Waals surface area contributed by atoms with Crippen LogP contribution in [0.1, 0.15) is 273 Å². The third-order valence-electron chi connectivity index (χ3n) is 10.2. The van der Waals surface area contributed by atoms with Crippen LogP contribution in [0.2, 0.25) is 26.6 Å². The molecular weight excluding hydrogens is 1050 g/mol. The summed E-state index contributed by atoms with van der Waals surface area (Å²) in [7, 11) is -5.83. The minimum atomic E-state index is -2.92. The fourth-order valence-corrected chi connectivity index (χ4v) is 17.3. The van der Waals surface area contributed by atoms with Gasteiger partial charge in [0.15, 0.2) is 0 Å². The molecule has 0 amide bonds. The van der Waals surface area contributed by atoms with Crippen LogP contribution in [0, 0.1) is 0 Å². The summed E-state index contributed by atoms with van der Waals surface area (Å²) in [5.74, 6) is 0. The molecule has 0 aromatic rings. The van der Waals surface area contributed by atoms with Gasteiger partial charge in [0.1, 0.15) is 0 Å². The maximum Gasteiger partial charge on any atom is -0.278 e. The van der Waals surface area contributed by atoms with E-state index in [2.05, 4.69) is 41.5 Å². The molecule has 348 valence electrons. The molecule has 11 heteroatoms. The van der Waals surface area contributed by atoms with Crippen LogP contribution in [0.3, 0.4) is 0 Å². The van der Waals surface area contributed by atoms with Crippen molar-refractivity contribution in [2.75, 3.05) is 0 Å². The Morgan fingerprint density at radius 3 is 0.424 bits per heavy atom. The van der Waals surface area contributed by atoms with Gasteiger partial charge in [-0.3, -0.25) is 14.6 Å². The standard InChI is InChI=1S/6C8H17.2BO3.3Sn/c6*1-3-5-7-8-6-4-2;2*2-1(3)4;;;/h6*1,3-8H2,2H3;;;;;/q;;;;;;2*-3;3*+2. The summed E-state index contributed by atoms with van der Waals surface area (Å²) in [5.41, 5.74) is 0. The Bertz CT molecular complexity index is 506. The molecule has 0 aromatic carbocycles. The van der Waals surface area contributed by atoms with Crippen LogP contribution in [-0.2, 0) is 0 Å². The van der Waals surface area contributed by atoms with Gasteiger partial charge in [-0.15, -0.1) is 0 Å². The van der Waals surface area contributed by atoms with Crippen molar-refractivity contribution in [2.24, 2.45) is 0 Å². The quantitative estimate of drug-likeness (QED) is 0.0441. The predicted molar refractivity (Wildman–Crippen MR) is 258 cm³/mol. The van der Waals surface area contributed by atoms with Gasteiger partial charge < -0.3 is 30.1 Å². The average molecular weight is 1150 g/mol. The second-order valence-corrected chi connectivity index (χ2v) is 29.3. The van der Waals surface area contributed by atoms with Crippen LogP contribution in [0.4, 0.5) is 0 Å². The number of rotatable bonds is 42. The first-order chi connectivity index (χ1) is 28.7. The zero-order chi connectivity index (χ0) is 45.0. The van der Waals surface area contributed by atoms with Gasteiger partial charge in [0, 0.05) is 0 Å². The van der Waals surface area contributed by atoms with E-state index in [1.807, 2.05) is 0 Å². The smallest absolute Gasteiger partial charge is 0.278 e. The molecule has 6 nitrogen and oxygen atoms in total. The van der Waals surface area contributed by atoms with Crippen LogP contribution in [0.25, 0.3) is 0 Å². The van der Waals surface area contributed by atoms with Gasteiger partial charge in [0.2, 0.25) is 0 Å². The van der Waals surface area contributed by atoms with Crippen molar-refractivity contribution in [1.29, 1.82) is 0 Å². The maximum atomic E-state index is 8.42. The van der Waals surface area contributed by atoms with E-state index in [0.717, 1.165) is 0 Å². The Morgan fingerprint density at radius 1 is 0.203 bits per heavy atom. The summed E-state index contributed by atoms with van der Waals surface area (Å²) in [6.45, 7) is 13.8. The van der Waals surface area contributed by atoms with Gasteiger partial charge in [0.25, 0.3) is 0 Å². The number of hydrogen-bond donors (Lipinski definition) is 0. The van der Waals surface area contributed by atoms with Gasteiger partial charge in [-0.2, -0.15) is 0 Å². The zero-order valence-electron chi connectivity index (χ0n) is 40.8. The van der Waals surface area contributed by atoms with Gasteiger partial charge >= 0.3 is 363 Å². The van der Waals surface area contributed by atoms with Crippen molar-refractivity contribution in [3.05, 3.63) is 0 Å². The molecule has 0 rings (SSSR count). The monoisotopic (exact) mass is 1160 g/mol. The largest absolute Gasteiger partial charge is 0.907 e. The van der Waals surface area contributed by atoms with E-state index in [4.69, 9.17) is 30.1 Å². The summed E-state index contributed by atoms with van der Waals surface area (Å²) in [4.78, 5) is 0. The van der Waals surface area contributed by atoms with E-state index in [1.54, 1.807) is 65.1 Å². The molecule has 0 radical (unpaired) electrons. The van der Waals surface area contributed by atoms with Crippen LogP contribution in [-0.4, -0.2) is 78.1 Å². The van der Waals surface area contributed by atoms with Crippen LogP contribution < -0.4 is 30.1 Å². The Balaban J connectivity index is -0.000000225. The van der Waals surface area contributed by atoms with Crippen molar-refractivity contribution in [3.8, 4) is 0 Å². The molecule has 0 atom stereocenters. The molecule has 0 aliphatic rings. The fraction of sp³-hybridized carbons (Fsp3) is 1.00. The first kappa shape index (κ1) is 70.3. The summed E-state index contributed by atoms with van der Waals surface area (Å²) in [6.07, 6.45) is 53.5. The van der Waals surface area contributed by atoms with Gasteiger partial charge in [-0.1, -0.05) is 0 Å². The second-order valence-electron chi connectivity index (χ2n) is 16.4. The van der Waals surface area contributed by atoms with Gasteiger partial charge in [-0.25, -0.2) is 0 Å². The van der Waals surface area contributed by atoms with E-state index >= 15 is 0 Å². The maximum absolute atomic E-state index is 8.42. The van der Waals surface area contributed by atoms with Crippen molar-refractivity contribution in [1.82, 2.24) is 0 Å². The van der Waals surface area contributed by atoms with Crippen molar-refractivity contribution in [3.63, 3.8) is 0 Å². The topological polar surface area (TPSA) is 138 Å². The fourth-order valence-electron chi connectivity index (χ4n) is 6.56. The van der Waals surface area contributed by atoms with E-state index in [-0.39, 0.29) is 63.4 Å². The molecule has 0 aliphatic heterocycles. The van der Waals surface area contributed by atoms with Crippen LogP contribution in [0.15, 0.2) is 0 Å². The summed E-state index contributed by atoms with van der Waals surface area (Å²) in [5, 5.41) is 50.5. The summed E-state index contributed by atoms with van der Waals surface area (Å²) < 4.78 is 9.94. The van der Waals surface area contributed by atoms with E-state index in [0.29, 0.717) is 0 Å². The molecule has 0 spiro atoms. The minimum Gasteiger partial charge on any atom is -0.907 e. The number of unbranched alkanes of at least 4 members (excludes halogenated alkanes) is 30. The normalized spacial score (nSPS) is 9.97. The molecule has 59 heavy (non-hydrogen) atoms.